The van der Waals surface area contributed by atoms with E-state index in [-0.39, 0.29) is 6.04 Å². The Morgan fingerprint density at radius 1 is 1.42 bits per heavy atom. The second-order valence-electron chi connectivity index (χ2n) is 4.75. The van der Waals surface area contributed by atoms with Crippen molar-refractivity contribution in [3.8, 4) is 0 Å². The lowest BCUT2D eigenvalue weighted by Crippen LogP contribution is -2.42. The van der Waals surface area contributed by atoms with Crippen LogP contribution >= 0.6 is 11.6 Å². The van der Waals surface area contributed by atoms with Gasteiger partial charge in [-0.3, -0.25) is 0 Å². The standard InChI is InChI=1S/C11H17ClN4O2S/c1-8-7-13-11(15-10(8)12)14-9-3-5-16(6-4-9)19(2,17)18/h7,9H,3-6H2,1-2H3,(H,13,14,15). The monoisotopic (exact) mass is 304 g/mol. The van der Waals surface area contributed by atoms with Crippen LogP contribution in [0, 0.1) is 6.92 Å². The Morgan fingerprint density at radius 2 is 2.05 bits per heavy atom. The molecule has 106 valence electrons. The molecule has 0 bridgehead atoms. The fourth-order valence-electron chi connectivity index (χ4n) is 2.01. The molecule has 0 amide bonds. The highest BCUT2D eigenvalue weighted by atomic mass is 35.5. The summed E-state index contributed by atoms with van der Waals surface area (Å²) in [6, 6.07) is 0.178. The Hall–Kier alpha value is -0.920. The van der Waals surface area contributed by atoms with E-state index in [2.05, 4.69) is 15.3 Å². The van der Waals surface area contributed by atoms with Gasteiger partial charge in [0, 0.05) is 30.9 Å². The van der Waals surface area contributed by atoms with Gasteiger partial charge in [0.25, 0.3) is 0 Å². The summed E-state index contributed by atoms with van der Waals surface area (Å²) in [7, 11) is -3.08. The van der Waals surface area contributed by atoms with Gasteiger partial charge < -0.3 is 5.32 Å². The summed E-state index contributed by atoms with van der Waals surface area (Å²) in [4.78, 5) is 8.31. The van der Waals surface area contributed by atoms with Crippen molar-refractivity contribution < 1.29 is 8.42 Å². The highest BCUT2D eigenvalue weighted by molar-refractivity contribution is 7.88. The summed E-state index contributed by atoms with van der Waals surface area (Å²) in [5.74, 6) is 0.494. The number of aromatic nitrogens is 2. The van der Waals surface area contributed by atoms with E-state index in [9.17, 15) is 8.42 Å². The van der Waals surface area contributed by atoms with E-state index in [1.165, 1.54) is 10.6 Å². The third kappa shape index (κ3) is 3.77. The molecule has 19 heavy (non-hydrogen) atoms. The van der Waals surface area contributed by atoms with Crippen LogP contribution in [0.4, 0.5) is 5.95 Å². The Balaban J connectivity index is 1.94. The maximum atomic E-state index is 11.4. The maximum Gasteiger partial charge on any atom is 0.224 e. The van der Waals surface area contributed by atoms with Crippen molar-refractivity contribution in [2.24, 2.45) is 0 Å². The van der Waals surface area contributed by atoms with Gasteiger partial charge in [-0.15, -0.1) is 0 Å². The summed E-state index contributed by atoms with van der Waals surface area (Å²) in [5.41, 5.74) is 0.833. The molecule has 1 N–H and O–H groups in total. The lowest BCUT2D eigenvalue weighted by molar-refractivity contribution is 0.331. The molecule has 1 aliphatic heterocycles. The second kappa shape index (κ2) is 5.60. The maximum absolute atomic E-state index is 11.4. The minimum absolute atomic E-state index is 0.178. The Kier molecular flexibility index (Phi) is 4.27. The van der Waals surface area contributed by atoms with E-state index in [0.29, 0.717) is 24.2 Å². The van der Waals surface area contributed by atoms with E-state index >= 15 is 0 Å². The fourth-order valence-corrected chi connectivity index (χ4v) is 3.01. The van der Waals surface area contributed by atoms with Crippen LogP contribution < -0.4 is 5.32 Å². The van der Waals surface area contributed by atoms with E-state index in [4.69, 9.17) is 11.6 Å². The number of hydrogen-bond acceptors (Lipinski definition) is 5. The zero-order valence-corrected chi connectivity index (χ0v) is 12.5. The molecule has 1 saturated heterocycles. The third-order valence-corrected chi connectivity index (χ3v) is 4.85. The smallest absolute Gasteiger partial charge is 0.224 e. The average Bonchev–Trinajstić information content (AvgIpc) is 2.33. The first-order chi connectivity index (χ1) is 8.86. The number of anilines is 1. The van der Waals surface area contributed by atoms with Crippen molar-refractivity contribution in [3.05, 3.63) is 16.9 Å². The van der Waals surface area contributed by atoms with Crippen LogP contribution in [0.3, 0.4) is 0 Å². The van der Waals surface area contributed by atoms with Crippen LogP contribution in [0.2, 0.25) is 5.15 Å². The summed E-state index contributed by atoms with van der Waals surface area (Å²) in [5, 5.41) is 3.63. The molecule has 1 aliphatic rings. The van der Waals surface area contributed by atoms with Gasteiger partial charge in [-0.1, -0.05) is 11.6 Å². The van der Waals surface area contributed by atoms with Crippen molar-refractivity contribution >= 4 is 27.6 Å². The molecule has 1 fully saturated rings. The van der Waals surface area contributed by atoms with Crippen molar-refractivity contribution in [2.45, 2.75) is 25.8 Å². The van der Waals surface area contributed by atoms with Gasteiger partial charge in [0.2, 0.25) is 16.0 Å². The van der Waals surface area contributed by atoms with Gasteiger partial charge in [-0.2, -0.15) is 0 Å². The van der Waals surface area contributed by atoms with Gasteiger partial charge in [-0.25, -0.2) is 22.7 Å². The zero-order valence-electron chi connectivity index (χ0n) is 10.9. The number of nitrogens with zero attached hydrogens (tertiary/aromatic N) is 3. The predicted octanol–water partition coefficient (Wildman–Crippen LogP) is 1.27. The number of aryl methyl sites for hydroxylation is 1. The highest BCUT2D eigenvalue weighted by Gasteiger charge is 2.25. The minimum Gasteiger partial charge on any atom is -0.351 e. The molecule has 8 heteroatoms. The number of sulfonamides is 1. The first-order valence-electron chi connectivity index (χ1n) is 6.07. The number of rotatable bonds is 3. The zero-order chi connectivity index (χ0) is 14.0. The van der Waals surface area contributed by atoms with Crippen molar-refractivity contribution in [1.29, 1.82) is 0 Å². The van der Waals surface area contributed by atoms with Crippen LogP contribution in [0.5, 0.6) is 0 Å². The molecule has 0 atom stereocenters. The number of piperidine rings is 1. The number of nitrogens with one attached hydrogen (secondary N) is 1. The van der Waals surface area contributed by atoms with Gasteiger partial charge in [0.05, 0.1) is 6.26 Å². The number of halogens is 1. The summed E-state index contributed by atoms with van der Waals surface area (Å²) < 4.78 is 24.3. The lowest BCUT2D eigenvalue weighted by Gasteiger charge is -2.30. The number of hydrogen-bond donors (Lipinski definition) is 1. The molecule has 2 rings (SSSR count). The summed E-state index contributed by atoms with van der Waals surface area (Å²) in [6.07, 6.45) is 4.39. The Bertz CT molecular complexity index is 556. The summed E-state index contributed by atoms with van der Waals surface area (Å²) in [6.45, 7) is 2.89. The molecule has 0 saturated carbocycles. The van der Waals surface area contributed by atoms with Crippen LogP contribution in [-0.2, 0) is 10.0 Å². The van der Waals surface area contributed by atoms with Crippen LogP contribution in [0.15, 0.2) is 6.20 Å². The molecule has 0 radical (unpaired) electrons. The third-order valence-electron chi connectivity index (χ3n) is 3.17. The van der Waals surface area contributed by atoms with Crippen LogP contribution in [-0.4, -0.2) is 48.1 Å². The molecule has 0 aromatic carbocycles. The molecule has 2 heterocycles. The van der Waals surface area contributed by atoms with Crippen LogP contribution in [0.25, 0.3) is 0 Å². The molecule has 0 unspecified atom stereocenters. The van der Waals surface area contributed by atoms with E-state index < -0.39 is 10.0 Å². The van der Waals surface area contributed by atoms with Crippen LogP contribution in [0.1, 0.15) is 18.4 Å². The molecule has 1 aromatic heterocycles. The molecular weight excluding hydrogens is 288 g/mol. The lowest BCUT2D eigenvalue weighted by atomic mass is 10.1. The Morgan fingerprint density at radius 3 is 2.58 bits per heavy atom. The van der Waals surface area contributed by atoms with E-state index in [1.807, 2.05) is 6.92 Å². The van der Waals surface area contributed by atoms with Gasteiger partial charge >= 0.3 is 0 Å². The van der Waals surface area contributed by atoms with Gasteiger partial charge in [0.1, 0.15) is 5.15 Å². The van der Waals surface area contributed by atoms with Gasteiger partial charge in [0.15, 0.2) is 0 Å². The normalized spacial score (nSPS) is 18.5. The van der Waals surface area contributed by atoms with E-state index in [1.54, 1.807) is 6.20 Å². The Labute approximate surface area is 118 Å². The quantitative estimate of drug-likeness (QED) is 0.851. The SMILES string of the molecule is Cc1cnc(NC2CCN(S(C)(=O)=O)CC2)nc1Cl. The fraction of sp³-hybridized carbons (Fsp3) is 0.636. The summed E-state index contributed by atoms with van der Waals surface area (Å²) >= 11 is 5.94. The topological polar surface area (TPSA) is 75.2 Å². The molecule has 0 aliphatic carbocycles. The average molecular weight is 305 g/mol. The van der Waals surface area contributed by atoms with Crippen molar-refractivity contribution in [2.75, 3.05) is 24.7 Å². The predicted molar refractivity (Wildman–Crippen MR) is 74.8 cm³/mol. The first-order valence-corrected chi connectivity index (χ1v) is 8.29. The molecular formula is C11H17ClN4O2S. The highest BCUT2D eigenvalue weighted by Crippen LogP contribution is 2.18. The second-order valence-corrected chi connectivity index (χ2v) is 7.09. The van der Waals surface area contributed by atoms with Crippen molar-refractivity contribution in [1.82, 2.24) is 14.3 Å². The molecule has 6 nitrogen and oxygen atoms in total. The first kappa shape index (κ1) is 14.5. The van der Waals surface area contributed by atoms with Crippen molar-refractivity contribution in [3.63, 3.8) is 0 Å². The van der Waals surface area contributed by atoms with E-state index in [0.717, 1.165) is 18.4 Å². The molecule has 1 aromatic rings. The van der Waals surface area contributed by atoms with Gasteiger partial charge in [-0.05, 0) is 19.8 Å². The largest absolute Gasteiger partial charge is 0.351 e. The minimum atomic E-state index is -3.08. The molecule has 0 spiro atoms.